The summed E-state index contributed by atoms with van der Waals surface area (Å²) in [6.45, 7) is 4.78. The van der Waals surface area contributed by atoms with Crippen molar-refractivity contribution in [3.8, 4) is 0 Å². The lowest BCUT2D eigenvalue weighted by Gasteiger charge is -2.44. The lowest BCUT2D eigenvalue weighted by Crippen LogP contribution is -2.48. The summed E-state index contributed by atoms with van der Waals surface area (Å²) in [7, 11) is 0. The van der Waals surface area contributed by atoms with Gasteiger partial charge in [-0.25, -0.2) is 0 Å². The van der Waals surface area contributed by atoms with Gasteiger partial charge in [0.2, 0.25) is 0 Å². The van der Waals surface area contributed by atoms with Crippen LogP contribution in [0.5, 0.6) is 0 Å². The predicted octanol–water partition coefficient (Wildman–Crippen LogP) is 1.70. The first kappa shape index (κ1) is 11.4. The molecule has 0 aromatic carbocycles. The highest BCUT2D eigenvalue weighted by Gasteiger charge is 2.40. The van der Waals surface area contributed by atoms with Crippen molar-refractivity contribution in [2.45, 2.75) is 50.7 Å². The molecule has 2 heterocycles. The first-order valence-corrected chi connectivity index (χ1v) is 6.23. The molecule has 0 aromatic rings. The summed E-state index contributed by atoms with van der Waals surface area (Å²) in [5.41, 5.74) is 6.26. The Labute approximate surface area is 92.3 Å². The van der Waals surface area contributed by atoms with Crippen LogP contribution in [-0.4, -0.2) is 31.5 Å². The van der Waals surface area contributed by atoms with Crippen LogP contribution in [0, 0.1) is 5.92 Å². The van der Waals surface area contributed by atoms with Gasteiger partial charge < -0.3 is 15.2 Å². The van der Waals surface area contributed by atoms with Crippen LogP contribution in [0.15, 0.2) is 0 Å². The second-order valence-electron chi connectivity index (χ2n) is 4.97. The summed E-state index contributed by atoms with van der Waals surface area (Å²) in [6, 6.07) is 0.355. The Morgan fingerprint density at radius 3 is 2.73 bits per heavy atom. The van der Waals surface area contributed by atoms with Crippen molar-refractivity contribution in [1.29, 1.82) is 0 Å². The van der Waals surface area contributed by atoms with Gasteiger partial charge in [-0.1, -0.05) is 6.92 Å². The first-order chi connectivity index (χ1) is 7.26. The van der Waals surface area contributed by atoms with Crippen LogP contribution in [0.2, 0.25) is 0 Å². The van der Waals surface area contributed by atoms with Crippen LogP contribution >= 0.6 is 0 Å². The van der Waals surface area contributed by atoms with Gasteiger partial charge in [0.25, 0.3) is 0 Å². The van der Waals surface area contributed by atoms with Gasteiger partial charge in [0.15, 0.2) is 0 Å². The molecular weight excluding hydrogens is 190 g/mol. The smallest absolute Gasteiger partial charge is 0.0729 e. The lowest BCUT2D eigenvalue weighted by atomic mass is 9.77. The number of nitrogens with two attached hydrogens (primary N) is 1. The van der Waals surface area contributed by atoms with E-state index in [2.05, 4.69) is 6.92 Å². The average Bonchev–Trinajstić information content (AvgIpc) is 2.29. The molecule has 15 heavy (non-hydrogen) atoms. The molecule has 3 nitrogen and oxygen atoms in total. The molecule has 88 valence electrons. The fourth-order valence-electron chi connectivity index (χ4n) is 2.86. The molecule has 0 aliphatic carbocycles. The number of rotatable bonds is 2. The Kier molecular flexibility index (Phi) is 3.65. The molecular formula is C12H23NO2. The zero-order chi connectivity index (χ0) is 10.7. The highest BCUT2D eigenvalue weighted by atomic mass is 16.5. The summed E-state index contributed by atoms with van der Waals surface area (Å²) < 4.78 is 11.4. The average molecular weight is 213 g/mol. The van der Waals surface area contributed by atoms with E-state index in [-0.39, 0.29) is 5.60 Å². The van der Waals surface area contributed by atoms with Crippen LogP contribution < -0.4 is 5.73 Å². The maximum atomic E-state index is 6.15. The molecule has 0 aromatic heterocycles. The third kappa shape index (κ3) is 2.52. The van der Waals surface area contributed by atoms with Gasteiger partial charge in [0.1, 0.15) is 0 Å². The minimum Gasteiger partial charge on any atom is -0.381 e. The molecule has 2 fully saturated rings. The van der Waals surface area contributed by atoms with E-state index in [4.69, 9.17) is 15.2 Å². The van der Waals surface area contributed by atoms with Crippen molar-refractivity contribution >= 4 is 0 Å². The van der Waals surface area contributed by atoms with Gasteiger partial charge in [-0.15, -0.1) is 0 Å². The maximum Gasteiger partial charge on any atom is 0.0729 e. The highest BCUT2D eigenvalue weighted by Crippen LogP contribution is 2.38. The second kappa shape index (κ2) is 4.81. The molecule has 2 rings (SSSR count). The predicted molar refractivity (Wildman–Crippen MR) is 59.7 cm³/mol. The zero-order valence-corrected chi connectivity index (χ0v) is 9.71. The Bertz CT molecular complexity index is 196. The van der Waals surface area contributed by atoms with Crippen molar-refractivity contribution in [2.24, 2.45) is 11.7 Å². The molecule has 0 saturated carbocycles. The van der Waals surface area contributed by atoms with Crippen LogP contribution in [0.25, 0.3) is 0 Å². The summed E-state index contributed by atoms with van der Waals surface area (Å²) in [5, 5.41) is 0. The minimum atomic E-state index is 0.105. The van der Waals surface area contributed by atoms with Crippen molar-refractivity contribution in [3.63, 3.8) is 0 Å². The Balaban J connectivity index is 1.96. The van der Waals surface area contributed by atoms with E-state index in [1.807, 2.05) is 0 Å². The molecule has 2 N–H and O–H groups in total. The van der Waals surface area contributed by atoms with E-state index < -0.39 is 0 Å². The highest BCUT2D eigenvalue weighted by molar-refractivity contribution is 4.91. The van der Waals surface area contributed by atoms with Gasteiger partial charge >= 0.3 is 0 Å². The Morgan fingerprint density at radius 2 is 2.07 bits per heavy atom. The standard InChI is InChI=1S/C12H23NO2/c1-2-11(13)10-3-6-15-12(9-10)4-7-14-8-5-12/h10-11H,2-9,13H2,1H3. The molecule has 2 unspecified atom stereocenters. The SMILES string of the molecule is CCC(N)C1CCOC2(CCOCC2)C1. The molecule has 2 aliphatic heterocycles. The zero-order valence-electron chi connectivity index (χ0n) is 9.71. The quantitative estimate of drug-likeness (QED) is 0.759. The molecule has 0 bridgehead atoms. The number of hydrogen-bond donors (Lipinski definition) is 1. The van der Waals surface area contributed by atoms with Crippen LogP contribution in [0.1, 0.15) is 39.0 Å². The third-order valence-corrected chi connectivity index (χ3v) is 4.01. The van der Waals surface area contributed by atoms with Crippen LogP contribution in [0.3, 0.4) is 0 Å². The van der Waals surface area contributed by atoms with Crippen molar-refractivity contribution in [3.05, 3.63) is 0 Å². The Morgan fingerprint density at radius 1 is 1.33 bits per heavy atom. The van der Waals surface area contributed by atoms with E-state index in [1.54, 1.807) is 0 Å². The summed E-state index contributed by atoms with van der Waals surface area (Å²) in [4.78, 5) is 0. The number of ether oxygens (including phenoxy) is 2. The molecule has 3 heteroatoms. The summed E-state index contributed by atoms with van der Waals surface area (Å²) in [6.07, 6.45) is 5.47. The van der Waals surface area contributed by atoms with Crippen molar-refractivity contribution in [2.75, 3.05) is 19.8 Å². The largest absolute Gasteiger partial charge is 0.381 e. The molecule has 2 aliphatic rings. The maximum absolute atomic E-state index is 6.15. The summed E-state index contributed by atoms with van der Waals surface area (Å²) >= 11 is 0. The van der Waals surface area contributed by atoms with E-state index in [0.29, 0.717) is 12.0 Å². The Hall–Kier alpha value is -0.120. The fourth-order valence-corrected chi connectivity index (χ4v) is 2.86. The molecule has 0 amide bonds. The van der Waals surface area contributed by atoms with E-state index >= 15 is 0 Å². The van der Waals surface area contributed by atoms with Gasteiger partial charge in [-0.05, 0) is 38.0 Å². The molecule has 2 saturated heterocycles. The third-order valence-electron chi connectivity index (χ3n) is 4.01. The monoisotopic (exact) mass is 213 g/mol. The molecule has 0 radical (unpaired) electrons. The second-order valence-corrected chi connectivity index (χ2v) is 4.97. The van der Waals surface area contributed by atoms with Gasteiger partial charge in [0, 0.05) is 25.9 Å². The van der Waals surface area contributed by atoms with Crippen molar-refractivity contribution in [1.82, 2.24) is 0 Å². The fraction of sp³-hybridized carbons (Fsp3) is 1.00. The normalized spacial score (nSPS) is 32.8. The van der Waals surface area contributed by atoms with E-state index in [9.17, 15) is 0 Å². The molecule has 2 atom stereocenters. The van der Waals surface area contributed by atoms with Gasteiger partial charge in [-0.3, -0.25) is 0 Å². The summed E-state index contributed by atoms with van der Waals surface area (Å²) in [5.74, 6) is 0.654. The van der Waals surface area contributed by atoms with Crippen LogP contribution in [-0.2, 0) is 9.47 Å². The van der Waals surface area contributed by atoms with Gasteiger partial charge in [-0.2, -0.15) is 0 Å². The topological polar surface area (TPSA) is 44.5 Å². The number of hydrogen-bond acceptors (Lipinski definition) is 3. The van der Waals surface area contributed by atoms with Crippen LogP contribution in [0.4, 0.5) is 0 Å². The lowest BCUT2D eigenvalue weighted by molar-refractivity contribution is -0.149. The van der Waals surface area contributed by atoms with Crippen molar-refractivity contribution < 1.29 is 9.47 Å². The van der Waals surface area contributed by atoms with E-state index in [0.717, 1.165) is 51.9 Å². The molecule has 1 spiro atoms. The van der Waals surface area contributed by atoms with E-state index in [1.165, 1.54) is 0 Å². The first-order valence-electron chi connectivity index (χ1n) is 6.23. The van der Waals surface area contributed by atoms with Gasteiger partial charge in [0.05, 0.1) is 5.60 Å². The minimum absolute atomic E-state index is 0.105.